The zero-order chi connectivity index (χ0) is 12.3. The molecule has 3 nitrogen and oxygen atoms in total. The summed E-state index contributed by atoms with van der Waals surface area (Å²) in [6, 6.07) is 5.85. The number of aryl methyl sites for hydroxylation is 1. The molecule has 0 fully saturated rings. The highest BCUT2D eigenvalue weighted by atomic mass is 79.9. The number of nitrogens with one attached hydrogen (secondary N) is 1. The van der Waals surface area contributed by atoms with Crippen molar-refractivity contribution in [2.45, 2.75) is 13.1 Å². The standard InChI is InChI=1S/C12H13BrClN3/c1-17-5-4-16-12(17)8-15-7-9-6-10(13)2-3-11(9)14/h2-6,15H,7-8H2,1H3. The average Bonchev–Trinajstić information content (AvgIpc) is 2.70. The van der Waals surface area contributed by atoms with E-state index in [0.29, 0.717) is 0 Å². The van der Waals surface area contributed by atoms with E-state index in [1.165, 1.54) is 0 Å². The molecule has 0 saturated carbocycles. The fourth-order valence-electron chi connectivity index (χ4n) is 1.55. The first-order valence-corrected chi connectivity index (χ1v) is 6.45. The van der Waals surface area contributed by atoms with Crippen LogP contribution in [-0.2, 0) is 20.1 Å². The first kappa shape index (κ1) is 12.6. The SMILES string of the molecule is Cn1ccnc1CNCc1cc(Br)ccc1Cl. The molecule has 0 saturated heterocycles. The predicted octanol–water partition coefficient (Wildman–Crippen LogP) is 3.13. The van der Waals surface area contributed by atoms with E-state index in [1.54, 1.807) is 6.20 Å². The molecule has 0 radical (unpaired) electrons. The highest BCUT2D eigenvalue weighted by Gasteiger charge is 2.02. The quantitative estimate of drug-likeness (QED) is 0.939. The minimum atomic E-state index is 0.727. The molecule has 0 aliphatic rings. The normalized spacial score (nSPS) is 10.8. The van der Waals surface area contributed by atoms with E-state index in [1.807, 2.05) is 36.0 Å². The van der Waals surface area contributed by atoms with E-state index in [0.717, 1.165) is 34.0 Å². The Hall–Kier alpha value is -0.840. The summed E-state index contributed by atoms with van der Waals surface area (Å²) < 4.78 is 3.03. The van der Waals surface area contributed by atoms with Gasteiger partial charge in [-0.25, -0.2) is 4.98 Å². The van der Waals surface area contributed by atoms with Gasteiger partial charge in [-0.15, -0.1) is 0 Å². The van der Waals surface area contributed by atoms with Crippen LogP contribution in [0.25, 0.3) is 0 Å². The molecule has 17 heavy (non-hydrogen) atoms. The summed E-state index contributed by atoms with van der Waals surface area (Å²) in [6.45, 7) is 1.46. The molecule has 0 aliphatic heterocycles. The third kappa shape index (κ3) is 3.31. The molecule has 0 aliphatic carbocycles. The number of aromatic nitrogens is 2. The molecular formula is C12H13BrClN3. The van der Waals surface area contributed by atoms with Crippen LogP contribution in [-0.4, -0.2) is 9.55 Å². The van der Waals surface area contributed by atoms with Crippen molar-refractivity contribution in [1.29, 1.82) is 0 Å². The topological polar surface area (TPSA) is 29.9 Å². The van der Waals surface area contributed by atoms with Crippen molar-refractivity contribution >= 4 is 27.5 Å². The summed E-state index contributed by atoms with van der Waals surface area (Å²) in [7, 11) is 1.98. The van der Waals surface area contributed by atoms with E-state index in [4.69, 9.17) is 11.6 Å². The monoisotopic (exact) mass is 313 g/mol. The fourth-order valence-corrected chi connectivity index (χ4v) is 2.15. The van der Waals surface area contributed by atoms with Crippen molar-refractivity contribution in [1.82, 2.24) is 14.9 Å². The molecule has 90 valence electrons. The van der Waals surface area contributed by atoms with Crippen LogP contribution < -0.4 is 5.32 Å². The first-order chi connectivity index (χ1) is 8.16. The van der Waals surface area contributed by atoms with Crippen LogP contribution in [0.3, 0.4) is 0 Å². The lowest BCUT2D eigenvalue weighted by Gasteiger charge is -2.07. The summed E-state index contributed by atoms with van der Waals surface area (Å²) >= 11 is 9.54. The van der Waals surface area contributed by atoms with Crippen LogP contribution in [0.1, 0.15) is 11.4 Å². The van der Waals surface area contributed by atoms with Gasteiger partial charge >= 0.3 is 0 Å². The Kier molecular flexibility index (Phi) is 4.20. The summed E-state index contributed by atoms with van der Waals surface area (Å²) in [5.41, 5.74) is 1.08. The van der Waals surface area contributed by atoms with Gasteiger partial charge < -0.3 is 9.88 Å². The van der Waals surface area contributed by atoms with Crippen LogP contribution in [0.15, 0.2) is 35.1 Å². The maximum Gasteiger partial charge on any atom is 0.122 e. The van der Waals surface area contributed by atoms with Crippen LogP contribution >= 0.6 is 27.5 Å². The molecule has 5 heteroatoms. The molecular weight excluding hydrogens is 302 g/mol. The van der Waals surface area contributed by atoms with E-state index in [-0.39, 0.29) is 0 Å². The second kappa shape index (κ2) is 5.67. The number of rotatable bonds is 4. The largest absolute Gasteiger partial charge is 0.337 e. The molecule has 0 unspecified atom stereocenters. The molecule has 0 bridgehead atoms. The highest BCUT2D eigenvalue weighted by Crippen LogP contribution is 2.20. The maximum absolute atomic E-state index is 6.11. The van der Waals surface area contributed by atoms with E-state index < -0.39 is 0 Å². The van der Waals surface area contributed by atoms with Crippen molar-refractivity contribution < 1.29 is 0 Å². The number of hydrogen-bond donors (Lipinski definition) is 1. The second-order valence-electron chi connectivity index (χ2n) is 3.79. The molecule has 0 amide bonds. The van der Waals surface area contributed by atoms with Crippen molar-refractivity contribution in [3.8, 4) is 0 Å². The van der Waals surface area contributed by atoms with Gasteiger partial charge in [-0.05, 0) is 23.8 Å². The predicted molar refractivity (Wildman–Crippen MR) is 72.9 cm³/mol. The van der Waals surface area contributed by atoms with Gasteiger partial charge in [0.25, 0.3) is 0 Å². The van der Waals surface area contributed by atoms with Gasteiger partial charge in [-0.2, -0.15) is 0 Å². The van der Waals surface area contributed by atoms with Crippen molar-refractivity contribution in [3.63, 3.8) is 0 Å². The highest BCUT2D eigenvalue weighted by molar-refractivity contribution is 9.10. The Balaban J connectivity index is 1.94. The molecule has 1 aromatic carbocycles. The Labute approximate surface area is 114 Å². The molecule has 1 N–H and O–H groups in total. The Bertz CT molecular complexity index is 510. The van der Waals surface area contributed by atoms with E-state index >= 15 is 0 Å². The van der Waals surface area contributed by atoms with Crippen molar-refractivity contribution in [2.24, 2.45) is 7.05 Å². The Morgan fingerprint density at radius 3 is 2.94 bits per heavy atom. The van der Waals surface area contributed by atoms with Gasteiger partial charge in [-0.3, -0.25) is 0 Å². The Morgan fingerprint density at radius 2 is 2.24 bits per heavy atom. The zero-order valence-corrected chi connectivity index (χ0v) is 11.8. The second-order valence-corrected chi connectivity index (χ2v) is 5.12. The minimum Gasteiger partial charge on any atom is -0.337 e. The smallest absolute Gasteiger partial charge is 0.122 e. The van der Waals surface area contributed by atoms with Gasteiger partial charge in [-0.1, -0.05) is 27.5 Å². The number of hydrogen-bond acceptors (Lipinski definition) is 2. The fraction of sp³-hybridized carbons (Fsp3) is 0.250. The zero-order valence-electron chi connectivity index (χ0n) is 9.45. The Morgan fingerprint density at radius 1 is 1.41 bits per heavy atom. The average molecular weight is 315 g/mol. The summed E-state index contributed by atoms with van der Waals surface area (Å²) in [6.07, 6.45) is 3.73. The van der Waals surface area contributed by atoms with Gasteiger partial charge in [0, 0.05) is 35.5 Å². The van der Waals surface area contributed by atoms with Crippen molar-refractivity contribution in [3.05, 3.63) is 51.5 Å². The van der Waals surface area contributed by atoms with Gasteiger partial charge in [0.2, 0.25) is 0 Å². The van der Waals surface area contributed by atoms with Crippen LogP contribution in [0.2, 0.25) is 5.02 Å². The van der Waals surface area contributed by atoms with Crippen LogP contribution in [0.5, 0.6) is 0 Å². The van der Waals surface area contributed by atoms with Gasteiger partial charge in [0.15, 0.2) is 0 Å². The lowest BCUT2D eigenvalue weighted by Crippen LogP contribution is -2.15. The number of imidazole rings is 1. The molecule has 0 atom stereocenters. The first-order valence-electron chi connectivity index (χ1n) is 5.27. The summed E-state index contributed by atoms with van der Waals surface area (Å²) in [5, 5.41) is 4.10. The van der Waals surface area contributed by atoms with Crippen LogP contribution in [0.4, 0.5) is 0 Å². The summed E-state index contributed by atoms with van der Waals surface area (Å²) in [5.74, 6) is 1.01. The van der Waals surface area contributed by atoms with Crippen molar-refractivity contribution in [2.75, 3.05) is 0 Å². The number of halogens is 2. The third-order valence-electron chi connectivity index (χ3n) is 2.53. The molecule has 2 rings (SSSR count). The molecule has 1 aromatic heterocycles. The molecule has 0 spiro atoms. The van der Waals surface area contributed by atoms with Gasteiger partial charge in [0.05, 0.1) is 6.54 Å². The third-order valence-corrected chi connectivity index (χ3v) is 3.39. The van der Waals surface area contributed by atoms with Gasteiger partial charge in [0.1, 0.15) is 5.82 Å². The number of nitrogens with zero attached hydrogens (tertiary/aromatic N) is 2. The molecule has 1 heterocycles. The van der Waals surface area contributed by atoms with E-state index in [2.05, 4.69) is 26.2 Å². The lowest BCUT2D eigenvalue weighted by atomic mass is 10.2. The lowest BCUT2D eigenvalue weighted by molar-refractivity contribution is 0.639. The number of benzene rings is 1. The van der Waals surface area contributed by atoms with E-state index in [9.17, 15) is 0 Å². The molecule has 2 aromatic rings. The van der Waals surface area contributed by atoms with Crippen LogP contribution in [0, 0.1) is 0 Å². The minimum absolute atomic E-state index is 0.727. The summed E-state index contributed by atoms with van der Waals surface area (Å²) in [4.78, 5) is 4.25. The maximum atomic E-state index is 6.11.